The van der Waals surface area contributed by atoms with Gasteiger partial charge in [-0.1, -0.05) is 6.07 Å². The summed E-state index contributed by atoms with van der Waals surface area (Å²) < 4.78 is 4.00. The van der Waals surface area contributed by atoms with Crippen LogP contribution in [-0.2, 0) is 0 Å². The van der Waals surface area contributed by atoms with Crippen LogP contribution in [0.1, 0.15) is 43.8 Å². The van der Waals surface area contributed by atoms with Crippen molar-refractivity contribution in [2.45, 2.75) is 63.3 Å². The van der Waals surface area contributed by atoms with Crippen LogP contribution in [0.2, 0.25) is 0 Å². The number of fused-ring (bicyclic) bond motifs is 4. The van der Waals surface area contributed by atoms with Gasteiger partial charge in [0, 0.05) is 65.3 Å². The molecule has 0 radical (unpaired) electrons. The molecule has 9 nitrogen and oxygen atoms in total. The van der Waals surface area contributed by atoms with Crippen LogP contribution < -0.4 is 10.2 Å². The molecule has 2 bridgehead atoms. The molecule has 9 heteroatoms. The maximum Gasteiger partial charge on any atom is 0.154 e. The molecule has 4 aromatic heterocycles. The molecule has 198 valence electrons. The number of rotatable bonds is 4. The van der Waals surface area contributed by atoms with E-state index in [2.05, 4.69) is 56.5 Å². The molecule has 1 saturated carbocycles. The number of piperazine rings is 1. The van der Waals surface area contributed by atoms with Crippen LogP contribution in [0.5, 0.6) is 0 Å². The maximum absolute atomic E-state index is 9.86. The zero-order valence-corrected chi connectivity index (χ0v) is 22.0. The van der Waals surface area contributed by atoms with E-state index in [1.165, 1.54) is 12.1 Å². The highest BCUT2D eigenvalue weighted by Crippen LogP contribution is 2.35. The number of aliphatic hydroxyl groups excluding tert-OH is 1. The lowest BCUT2D eigenvalue weighted by molar-refractivity contribution is 0.108. The molecule has 2 N–H and O–H groups in total. The van der Waals surface area contributed by atoms with Gasteiger partial charge < -0.3 is 15.3 Å². The maximum atomic E-state index is 9.86. The zero-order valence-electron chi connectivity index (χ0n) is 22.0. The second-order valence-corrected chi connectivity index (χ2v) is 11.4. The second-order valence-electron chi connectivity index (χ2n) is 11.4. The highest BCUT2D eigenvalue weighted by molar-refractivity contribution is 5.95. The lowest BCUT2D eigenvalue weighted by Gasteiger charge is -2.29. The molecule has 5 aromatic rings. The average Bonchev–Trinajstić information content (AvgIpc) is 3.77. The average molecular weight is 521 g/mol. The Morgan fingerprint density at radius 2 is 1.87 bits per heavy atom. The summed E-state index contributed by atoms with van der Waals surface area (Å²) >= 11 is 0. The molecule has 2 atom stereocenters. The van der Waals surface area contributed by atoms with Crippen molar-refractivity contribution in [3.63, 3.8) is 0 Å². The third-order valence-corrected chi connectivity index (χ3v) is 9.02. The summed E-state index contributed by atoms with van der Waals surface area (Å²) in [5.41, 5.74) is 8.11. The topological polar surface area (TPSA) is 96.4 Å². The van der Waals surface area contributed by atoms with Crippen molar-refractivity contribution in [3.05, 3.63) is 60.8 Å². The van der Waals surface area contributed by atoms with Crippen molar-refractivity contribution >= 4 is 22.2 Å². The number of aromatic nitrogens is 6. The SMILES string of the molecule is Cc1nn2c(-c3ccnc4cc(N5C[C@@H]6C[C@H]5CN6)ccc34)cnc2cc1-c1cnn(C2CCC(O)CC2)c1. The Morgan fingerprint density at radius 3 is 2.69 bits per heavy atom. The standard InChI is InChI=1S/C30H32N8O/c1-18-27(19-13-34-37(16-19)21-2-5-24(39)6-3-21)12-30-33-15-29(38(30)35-18)26-8-9-31-28-11-22(4-7-25(26)28)36-17-20-10-23(36)14-32-20/h4,7-9,11-13,15-16,20-21,23-24,32,39H,2-3,5-6,10,14,17H2,1H3/t20-,21?,23-,24?/m0/s1. The minimum atomic E-state index is -0.169. The second kappa shape index (κ2) is 8.86. The zero-order chi connectivity index (χ0) is 26.1. The van der Waals surface area contributed by atoms with Gasteiger partial charge in [-0.05, 0) is 63.3 Å². The number of hydrogen-bond acceptors (Lipinski definition) is 7. The van der Waals surface area contributed by atoms with E-state index in [0.717, 1.165) is 83.4 Å². The van der Waals surface area contributed by atoms with Crippen molar-refractivity contribution in [2.24, 2.45) is 0 Å². The highest BCUT2D eigenvalue weighted by atomic mass is 16.3. The Bertz CT molecular complexity index is 1700. The van der Waals surface area contributed by atoms with Crippen molar-refractivity contribution < 1.29 is 5.11 Å². The van der Waals surface area contributed by atoms with E-state index in [-0.39, 0.29) is 6.10 Å². The Kier molecular flexibility index (Phi) is 5.25. The van der Waals surface area contributed by atoms with Crippen molar-refractivity contribution in [1.82, 2.24) is 34.7 Å². The molecule has 39 heavy (non-hydrogen) atoms. The van der Waals surface area contributed by atoms with Crippen LogP contribution in [0, 0.1) is 6.92 Å². The third kappa shape index (κ3) is 3.83. The number of aryl methyl sites for hydroxylation is 1. The van der Waals surface area contributed by atoms with Crippen LogP contribution in [0.25, 0.3) is 38.9 Å². The first-order chi connectivity index (χ1) is 19.1. The van der Waals surface area contributed by atoms with E-state index in [9.17, 15) is 5.11 Å². The minimum absolute atomic E-state index is 0.169. The van der Waals surface area contributed by atoms with Gasteiger partial charge in [-0.2, -0.15) is 10.2 Å². The van der Waals surface area contributed by atoms with E-state index in [0.29, 0.717) is 18.1 Å². The molecule has 0 unspecified atom stereocenters. The molecule has 1 aliphatic carbocycles. The predicted molar refractivity (Wildman–Crippen MR) is 151 cm³/mol. The van der Waals surface area contributed by atoms with Crippen LogP contribution in [-0.4, -0.2) is 65.7 Å². The van der Waals surface area contributed by atoms with Gasteiger partial charge in [0.1, 0.15) is 0 Å². The van der Waals surface area contributed by atoms with Crippen molar-refractivity contribution in [1.29, 1.82) is 0 Å². The Hall–Kier alpha value is -3.82. The Labute approximate surface area is 226 Å². The lowest BCUT2D eigenvalue weighted by Crippen LogP contribution is -2.43. The van der Waals surface area contributed by atoms with Crippen molar-refractivity contribution in [3.8, 4) is 22.4 Å². The summed E-state index contributed by atoms with van der Waals surface area (Å²) in [6.07, 6.45) is 12.5. The Morgan fingerprint density at radius 1 is 0.974 bits per heavy atom. The summed E-state index contributed by atoms with van der Waals surface area (Å²) in [5, 5.41) is 24.2. The lowest BCUT2D eigenvalue weighted by atomic mass is 9.93. The van der Waals surface area contributed by atoms with Gasteiger partial charge in [0.05, 0.1) is 41.4 Å². The number of nitrogens with one attached hydrogen (secondary N) is 1. The molecule has 3 fully saturated rings. The van der Waals surface area contributed by atoms with Gasteiger partial charge >= 0.3 is 0 Å². The number of anilines is 1. The Balaban J connectivity index is 1.13. The molecular formula is C30H32N8O. The highest BCUT2D eigenvalue weighted by Gasteiger charge is 2.37. The van der Waals surface area contributed by atoms with E-state index in [1.807, 2.05) is 30.0 Å². The largest absolute Gasteiger partial charge is 0.393 e. The van der Waals surface area contributed by atoms with Gasteiger partial charge in [0.2, 0.25) is 0 Å². The monoisotopic (exact) mass is 520 g/mol. The van der Waals surface area contributed by atoms with Gasteiger partial charge in [-0.3, -0.25) is 9.67 Å². The molecule has 0 amide bonds. The molecule has 0 spiro atoms. The smallest absolute Gasteiger partial charge is 0.154 e. The molecule has 1 aromatic carbocycles. The number of hydrogen-bond donors (Lipinski definition) is 2. The van der Waals surface area contributed by atoms with Gasteiger partial charge in [-0.15, -0.1) is 0 Å². The normalized spacial score (nSPS) is 24.8. The molecule has 3 aliphatic rings. The summed E-state index contributed by atoms with van der Waals surface area (Å²) in [5.74, 6) is 0. The number of pyridine rings is 1. The molecular weight excluding hydrogens is 488 g/mol. The first-order valence-electron chi connectivity index (χ1n) is 14.1. The van der Waals surface area contributed by atoms with E-state index in [4.69, 9.17) is 15.1 Å². The van der Waals surface area contributed by atoms with Crippen LogP contribution in [0.15, 0.2) is 55.1 Å². The van der Waals surface area contributed by atoms with E-state index in [1.54, 1.807) is 0 Å². The number of aliphatic hydroxyl groups is 1. The number of benzene rings is 1. The molecule has 8 rings (SSSR count). The summed E-state index contributed by atoms with van der Waals surface area (Å²) in [6, 6.07) is 12.4. The van der Waals surface area contributed by atoms with E-state index >= 15 is 0 Å². The quantitative estimate of drug-likeness (QED) is 0.368. The molecule has 6 heterocycles. The van der Waals surface area contributed by atoms with Crippen LogP contribution >= 0.6 is 0 Å². The fraction of sp³-hybridized carbons (Fsp3) is 0.400. The summed E-state index contributed by atoms with van der Waals surface area (Å²) in [6.45, 7) is 4.18. The first-order valence-corrected chi connectivity index (χ1v) is 14.1. The number of imidazole rings is 1. The molecule has 2 saturated heterocycles. The molecule has 2 aliphatic heterocycles. The fourth-order valence-electron chi connectivity index (χ4n) is 6.89. The van der Waals surface area contributed by atoms with Gasteiger partial charge in [-0.25, -0.2) is 9.50 Å². The van der Waals surface area contributed by atoms with Gasteiger partial charge in [0.25, 0.3) is 0 Å². The van der Waals surface area contributed by atoms with Crippen LogP contribution in [0.3, 0.4) is 0 Å². The first kappa shape index (κ1) is 23.1. The minimum Gasteiger partial charge on any atom is -0.393 e. The predicted octanol–water partition coefficient (Wildman–Crippen LogP) is 4.14. The summed E-state index contributed by atoms with van der Waals surface area (Å²) in [7, 11) is 0. The van der Waals surface area contributed by atoms with E-state index < -0.39 is 0 Å². The summed E-state index contributed by atoms with van der Waals surface area (Å²) in [4.78, 5) is 12.0. The van der Waals surface area contributed by atoms with Gasteiger partial charge in [0.15, 0.2) is 5.65 Å². The van der Waals surface area contributed by atoms with Crippen molar-refractivity contribution in [2.75, 3.05) is 18.0 Å². The number of nitrogens with zero attached hydrogens (tertiary/aromatic N) is 7. The van der Waals surface area contributed by atoms with Crippen LogP contribution in [0.4, 0.5) is 5.69 Å². The fourth-order valence-corrected chi connectivity index (χ4v) is 6.89. The third-order valence-electron chi connectivity index (χ3n) is 9.02.